The van der Waals surface area contributed by atoms with Gasteiger partial charge in [-0.2, -0.15) is 0 Å². The van der Waals surface area contributed by atoms with Crippen molar-refractivity contribution in [2.24, 2.45) is 11.8 Å². The summed E-state index contributed by atoms with van der Waals surface area (Å²) in [6.45, 7) is 12.6. The lowest BCUT2D eigenvalue weighted by Crippen LogP contribution is -2.63. The molecular weight excluding hydrogens is 252 g/mol. The molecule has 0 aromatic heterocycles. The Hall–Kier alpha value is -0.610. The first-order valence-corrected chi connectivity index (χ1v) is 7.95. The van der Waals surface area contributed by atoms with E-state index in [4.69, 9.17) is 4.74 Å². The summed E-state index contributed by atoms with van der Waals surface area (Å²) in [5, 5.41) is 3.53. The number of ether oxygens (including phenoxy) is 1. The molecule has 4 heteroatoms. The van der Waals surface area contributed by atoms with Crippen molar-refractivity contribution in [3.63, 3.8) is 0 Å². The van der Waals surface area contributed by atoms with Gasteiger partial charge in [0.15, 0.2) is 0 Å². The number of carbonyl (C=O) groups is 1. The SMILES string of the molecule is CCOC(=O)C(CN(C)CC(C)C)(NC(C)C)C1CC1. The Labute approximate surface area is 124 Å². The van der Waals surface area contributed by atoms with Crippen LogP contribution in [0.25, 0.3) is 0 Å². The van der Waals surface area contributed by atoms with Crippen LogP contribution in [0.4, 0.5) is 0 Å². The fraction of sp³-hybridized carbons (Fsp3) is 0.938. The van der Waals surface area contributed by atoms with Crippen molar-refractivity contribution in [3.05, 3.63) is 0 Å². The molecule has 0 amide bonds. The lowest BCUT2D eigenvalue weighted by Gasteiger charge is -2.38. The summed E-state index contributed by atoms with van der Waals surface area (Å²) in [5.41, 5.74) is -0.534. The number of carbonyl (C=O) groups excluding carboxylic acids is 1. The van der Waals surface area contributed by atoms with Gasteiger partial charge in [-0.3, -0.25) is 5.32 Å². The highest BCUT2D eigenvalue weighted by Crippen LogP contribution is 2.41. The number of esters is 1. The van der Waals surface area contributed by atoms with E-state index in [0.717, 1.165) is 25.9 Å². The van der Waals surface area contributed by atoms with E-state index >= 15 is 0 Å². The van der Waals surface area contributed by atoms with E-state index in [1.165, 1.54) is 0 Å². The van der Waals surface area contributed by atoms with Crippen LogP contribution in [-0.2, 0) is 9.53 Å². The molecule has 1 fully saturated rings. The van der Waals surface area contributed by atoms with Gasteiger partial charge in [0.1, 0.15) is 5.54 Å². The van der Waals surface area contributed by atoms with E-state index in [0.29, 0.717) is 18.4 Å². The molecule has 1 aliphatic rings. The second kappa shape index (κ2) is 7.41. The predicted octanol–water partition coefficient (Wildman–Crippen LogP) is 2.28. The van der Waals surface area contributed by atoms with Gasteiger partial charge >= 0.3 is 5.97 Å². The van der Waals surface area contributed by atoms with Gasteiger partial charge in [-0.15, -0.1) is 0 Å². The highest BCUT2D eigenvalue weighted by atomic mass is 16.5. The van der Waals surface area contributed by atoms with Crippen LogP contribution < -0.4 is 5.32 Å². The zero-order chi connectivity index (χ0) is 15.3. The second-order valence-corrected chi connectivity index (χ2v) is 6.86. The first-order valence-electron chi connectivity index (χ1n) is 7.95. The number of rotatable bonds is 9. The minimum Gasteiger partial charge on any atom is -0.465 e. The Morgan fingerprint density at radius 3 is 2.35 bits per heavy atom. The highest BCUT2D eigenvalue weighted by molar-refractivity contribution is 5.82. The van der Waals surface area contributed by atoms with E-state index in [2.05, 4.69) is 45.0 Å². The van der Waals surface area contributed by atoms with E-state index in [1.807, 2.05) is 6.92 Å². The van der Waals surface area contributed by atoms with Crippen molar-refractivity contribution in [2.75, 3.05) is 26.7 Å². The topological polar surface area (TPSA) is 41.6 Å². The molecule has 1 atom stereocenters. The van der Waals surface area contributed by atoms with Gasteiger partial charge in [0, 0.05) is 19.1 Å². The molecule has 0 saturated heterocycles. The van der Waals surface area contributed by atoms with Gasteiger partial charge in [0.05, 0.1) is 6.61 Å². The smallest absolute Gasteiger partial charge is 0.327 e. The number of nitrogens with one attached hydrogen (secondary N) is 1. The fourth-order valence-corrected chi connectivity index (χ4v) is 3.05. The van der Waals surface area contributed by atoms with Crippen LogP contribution >= 0.6 is 0 Å². The molecule has 0 radical (unpaired) electrons. The molecule has 20 heavy (non-hydrogen) atoms. The normalized spacial score (nSPS) is 18.6. The molecule has 1 aliphatic carbocycles. The first kappa shape index (κ1) is 17.4. The number of likely N-dealkylation sites (N-methyl/N-ethyl adjacent to an activating group) is 1. The first-order chi connectivity index (χ1) is 9.31. The average Bonchev–Trinajstić information content (AvgIpc) is 3.10. The molecule has 0 aromatic rings. The van der Waals surface area contributed by atoms with Gasteiger partial charge in [0.25, 0.3) is 0 Å². The summed E-state index contributed by atoms with van der Waals surface area (Å²) >= 11 is 0. The van der Waals surface area contributed by atoms with E-state index < -0.39 is 5.54 Å². The maximum atomic E-state index is 12.6. The molecule has 0 bridgehead atoms. The van der Waals surface area contributed by atoms with Crippen molar-refractivity contribution in [1.29, 1.82) is 0 Å². The zero-order valence-electron chi connectivity index (χ0n) is 14.0. The maximum Gasteiger partial charge on any atom is 0.327 e. The Bertz CT molecular complexity index is 314. The summed E-state index contributed by atoms with van der Waals surface area (Å²) in [7, 11) is 2.10. The Balaban J connectivity index is 2.88. The molecule has 0 spiro atoms. The van der Waals surface area contributed by atoms with Crippen LogP contribution in [0.3, 0.4) is 0 Å². The molecule has 1 unspecified atom stereocenters. The van der Waals surface area contributed by atoms with Crippen molar-refractivity contribution in [3.8, 4) is 0 Å². The summed E-state index contributed by atoms with van der Waals surface area (Å²) in [5.74, 6) is 0.934. The maximum absolute atomic E-state index is 12.6. The predicted molar refractivity (Wildman–Crippen MR) is 82.7 cm³/mol. The minimum absolute atomic E-state index is 0.0770. The Morgan fingerprint density at radius 2 is 1.95 bits per heavy atom. The largest absolute Gasteiger partial charge is 0.465 e. The lowest BCUT2D eigenvalue weighted by atomic mass is 9.91. The van der Waals surface area contributed by atoms with Crippen LogP contribution in [0.5, 0.6) is 0 Å². The van der Waals surface area contributed by atoms with Crippen molar-refractivity contribution < 1.29 is 9.53 Å². The van der Waals surface area contributed by atoms with Gasteiger partial charge in [-0.1, -0.05) is 13.8 Å². The van der Waals surface area contributed by atoms with E-state index in [1.54, 1.807) is 0 Å². The molecule has 1 saturated carbocycles. The molecular formula is C16H32N2O2. The molecule has 118 valence electrons. The Kier molecular flexibility index (Phi) is 6.46. The quantitative estimate of drug-likeness (QED) is 0.660. The van der Waals surface area contributed by atoms with E-state index in [-0.39, 0.29) is 12.0 Å². The molecule has 0 aromatic carbocycles. The molecule has 4 nitrogen and oxygen atoms in total. The number of hydrogen-bond acceptors (Lipinski definition) is 4. The number of hydrogen-bond donors (Lipinski definition) is 1. The van der Waals surface area contributed by atoms with Gasteiger partial charge in [-0.05, 0) is 52.5 Å². The summed E-state index contributed by atoms with van der Waals surface area (Å²) in [6, 6.07) is 0.271. The van der Waals surface area contributed by atoms with Crippen molar-refractivity contribution in [2.45, 2.75) is 59.0 Å². The monoisotopic (exact) mass is 284 g/mol. The van der Waals surface area contributed by atoms with Crippen LogP contribution in [0.2, 0.25) is 0 Å². The highest BCUT2D eigenvalue weighted by Gasteiger charge is 2.52. The molecule has 0 aliphatic heterocycles. The zero-order valence-corrected chi connectivity index (χ0v) is 14.0. The summed E-state index contributed by atoms with van der Waals surface area (Å²) in [6.07, 6.45) is 2.24. The molecule has 1 N–H and O–H groups in total. The average molecular weight is 284 g/mol. The Morgan fingerprint density at radius 1 is 1.35 bits per heavy atom. The van der Waals surface area contributed by atoms with Crippen molar-refractivity contribution in [1.82, 2.24) is 10.2 Å². The third kappa shape index (κ3) is 4.74. The standard InChI is InChI=1S/C16H32N2O2/c1-7-20-15(19)16(14-8-9-14,17-13(4)5)11-18(6)10-12(2)3/h12-14,17H,7-11H2,1-6H3. The minimum atomic E-state index is -0.534. The van der Waals surface area contributed by atoms with Crippen LogP contribution in [0.15, 0.2) is 0 Å². The second-order valence-electron chi connectivity index (χ2n) is 6.86. The number of nitrogens with zero attached hydrogens (tertiary/aromatic N) is 1. The van der Waals surface area contributed by atoms with Crippen LogP contribution in [-0.4, -0.2) is 49.2 Å². The third-order valence-corrected chi connectivity index (χ3v) is 3.66. The summed E-state index contributed by atoms with van der Waals surface area (Å²) in [4.78, 5) is 14.9. The van der Waals surface area contributed by atoms with Crippen LogP contribution in [0, 0.1) is 11.8 Å². The molecule has 0 heterocycles. The molecule has 1 rings (SSSR count). The third-order valence-electron chi connectivity index (χ3n) is 3.66. The van der Waals surface area contributed by atoms with E-state index in [9.17, 15) is 4.79 Å². The summed E-state index contributed by atoms with van der Waals surface area (Å²) < 4.78 is 5.39. The van der Waals surface area contributed by atoms with Gasteiger partial charge in [-0.25, -0.2) is 4.79 Å². The van der Waals surface area contributed by atoms with Crippen LogP contribution in [0.1, 0.15) is 47.5 Å². The fourth-order valence-electron chi connectivity index (χ4n) is 3.05. The van der Waals surface area contributed by atoms with Gasteiger partial charge < -0.3 is 9.64 Å². The lowest BCUT2D eigenvalue weighted by molar-refractivity contribution is -0.153. The van der Waals surface area contributed by atoms with Crippen molar-refractivity contribution >= 4 is 5.97 Å². The van der Waals surface area contributed by atoms with Gasteiger partial charge in [0.2, 0.25) is 0 Å².